The minimum atomic E-state index is -1.36. The Morgan fingerprint density at radius 2 is 2.06 bits per heavy atom. The molecule has 9 nitrogen and oxygen atoms in total. The number of aromatic hydroxyl groups is 1. The first kappa shape index (κ1) is 21.1. The zero-order valence-corrected chi connectivity index (χ0v) is 19.1. The fourth-order valence-electron chi connectivity index (χ4n) is 7.24. The van der Waals surface area contributed by atoms with Crippen LogP contribution in [0.15, 0.2) is 35.3 Å². The minimum absolute atomic E-state index is 0.0126. The van der Waals surface area contributed by atoms with E-state index < -0.39 is 28.9 Å². The van der Waals surface area contributed by atoms with Crippen molar-refractivity contribution in [3.05, 3.63) is 51.9 Å². The van der Waals surface area contributed by atoms with E-state index in [0.29, 0.717) is 24.4 Å². The number of benzene rings is 1. The first-order chi connectivity index (χ1) is 16.8. The van der Waals surface area contributed by atoms with Gasteiger partial charge in [-0.3, -0.25) is 19.3 Å². The Balaban J connectivity index is 1.32. The maximum Gasteiger partial charge on any atom is 0.248 e. The number of pyridine rings is 1. The van der Waals surface area contributed by atoms with Crippen molar-refractivity contribution in [2.45, 2.75) is 55.3 Å². The van der Waals surface area contributed by atoms with Gasteiger partial charge in [-0.1, -0.05) is 6.07 Å². The standard InChI is InChI=1S/C26H27N3O6/c30-17-5-3-14-9-18-26(34)10-16(24(33)28-15-4-6-19(31)27-11-15)21(32)23-25(26,20(14)22(17)35-23)7-8-29(18)12-13-1-2-13/h3-6,11,13,16,18,23,30,34H,1-2,7-10,12H2,(H,27,31)(H,28,33)/t16?,18-,23+,25+,26-/m1/s1. The number of H-pyrrole nitrogens is 1. The van der Waals surface area contributed by atoms with E-state index in [2.05, 4.69) is 15.2 Å². The number of phenolic OH excluding ortho intramolecular Hbond substituents is 1. The number of phenols is 1. The SMILES string of the molecule is O=C(Nc1ccc(=O)[nH]c1)C1C[C@@]2(O)[C@H]3Cc4ccc(O)c5c4[C@@]2(CCN3CC2CC2)[C@@H](O5)C1=O. The summed E-state index contributed by atoms with van der Waals surface area (Å²) in [6.45, 7) is 1.64. The molecule has 5 aliphatic rings. The number of rotatable bonds is 4. The van der Waals surface area contributed by atoms with Gasteiger partial charge >= 0.3 is 0 Å². The lowest BCUT2D eigenvalue weighted by Crippen LogP contribution is -2.78. The summed E-state index contributed by atoms with van der Waals surface area (Å²) in [5.74, 6) is -1.18. The molecule has 4 N–H and O–H groups in total. The van der Waals surface area contributed by atoms with Crippen LogP contribution in [0.25, 0.3) is 0 Å². The van der Waals surface area contributed by atoms with E-state index in [0.717, 1.165) is 24.2 Å². The van der Waals surface area contributed by atoms with Gasteiger partial charge in [-0.25, -0.2) is 0 Å². The number of carbonyl (C=O) groups excluding carboxylic acids is 2. The normalized spacial score (nSPS) is 34.8. The maximum absolute atomic E-state index is 13.8. The van der Waals surface area contributed by atoms with E-state index >= 15 is 0 Å². The largest absolute Gasteiger partial charge is 0.504 e. The summed E-state index contributed by atoms with van der Waals surface area (Å²) in [5.41, 5.74) is -0.529. The molecule has 3 heterocycles. The number of Topliss-reactive ketones (excluding diaryl/α,β-unsaturated/α-hetero) is 1. The average molecular weight is 478 g/mol. The summed E-state index contributed by atoms with van der Waals surface area (Å²) in [6.07, 6.45) is 3.81. The Labute approximate surface area is 201 Å². The molecule has 2 aliphatic heterocycles. The average Bonchev–Trinajstić information content (AvgIpc) is 3.57. The molecule has 2 saturated carbocycles. The molecule has 2 aromatic rings. The van der Waals surface area contributed by atoms with Gasteiger partial charge < -0.3 is 25.3 Å². The molecular formula is C26H27N3O6. The smallest absolute Gasteiger partial charge is 0.248 e. The Morgan fingerprint density at radius 1 is 1.23 bits per heavy atom. The van der Waals surface area contributed by atoms with Gasteiger partial charge in [0, 0.05) is 30.4 Å². The quantitative estimate of drug-likeness (QED) is 0.485. The maximum atomic E-state index is 13.8. The highest BCUT2D eigenvalue weighted by Gasteiger charge is 2.75. The number of aromatic nitrogens is 1. The van der Waals surface area contributed by atoms with Crippen LogP contribution in [0.3, 0.4) is 0 Å². The lowest BCUT2D eigenvalue weighted by molar-refractivity contribution is -0.197. The molecule has 5 atom stereocenters. The number of nitrogens with one attached hydrogen (secondary N) is 2. The van der Waals surface area contributed by atoms with Crippen LogP contribution in [0.4, 0.5) is 5.69 Å². The van der Waals surface area contributed by atoms with Crippen molar-refractivity contribution in [1.82, 2.24) is 9.88 Å². The third kappa shape index (κ3) is 2.73. The number of nitrogens with zero attached hydrogens (tertiary/aromatic N) is 1. The highest BCUT2D eigenvalue weighted by molar-refractivity contribution is 6.10. The van der Waals surface area contributed by atoms with E-state index in [4.69, 9.17) is 4.74 Å². The predicted molar refractivity (Wildman–Crippen MR) is 124 cm³/mol. The van der Waals surface area contributed by atoms with Gasteiger partial charge in [0.25, 0.3) is 0 Å². The number of aliphatic hydroxyl groups is 1. The molecule has 3 fully saturated rings. The van der Waals surface area contributed by atoms with E-state index in [9.17, 15) is 24.6 Å². The number of hydrogen-bond acceptors (Lipinski definition) is 7. The van der Waals surface area contributed by atoms with Crippen LogP contribution in [-0.4, -0.2) is 62.6 Å². The number of amides is 1. The van der Waals surface area contributed by atoms with Crippen molar-refractivity contribution in [2.24, 2.45) is 11.8 Å². The van der Waals surface area contributed by atoms with E-state index in [1.54, 1.807) is 6.07 Å². The Bertz CT molecular complexity index is 1310. The second-order valence-corrected chi connectivity index (χ2v) is 10.8. The zero-order valence-electron chi connectivity index (χ0n) is 19.1. The summed E-state index contributed by atoms with van der Waals surface area (Å²) in [6, 6.07) is 6.00. The van der Waals surface area contributed by atoms with Crippen molar-refractivity contribution >= 4 is 17.4 Å². The van der Waals surface area contributed by atoms with Gasteiger partial charge in [0.15, 0.2) is 23.4 Å². The van der Waals surface area contributed by atoms with Gasteiger partial charge in [0.05, 0.1) is 16.7 Å². The third-order valence-electron chi connectivity index (χ3n) is 9.00. The van der Waals surface area contributed by atoms with Gasteiger partial charge in [-0.2, -0.15) is 0 Å². The number of piperidine rings is 1. The van der Waals surface area contributed by atoms with Crippen LogP contribution in [0.2, 0.25) is 0 Å². The van der Waals surface area contributed by atoms with Crippen molar-refractivity contribution in [1.29, 1.82) is 0 Å². The molecule has 35 heavy (non-hydrogen) atoms. The minimum Gasteiger partial charge on any atom is -0.504 e. The lowest BCUT2D eigenvalue weighted by atomic mass is 9.47. The second kappa shape index (κ2) is 6.95. The summed E-state index contributed by atoms with van der Waals surface area (Å²) in [4.78, 5) is 43.4. The van der Waals surface area contributed by atoms with Crippen molar-refractivity contribution in [3.63, 3.8) is 0 Å². The lowest BCUT2D eigenvalue weighted by Gasteiger charge is -2.63. The van der Waals surface area contributed by atoms with Crippen LogP contribution in [0.1, 0.15) is 36.8 Å². The third-order valence-corrected chi connectivity index (χ3v) is 9.00. The van der Waals surface area contributed by atoms with Crippen LogP contribution < -0.4 is 15.6 Å². The molecule has 3 aliphatic carbocycles. The Morgan fingerprint density at radius 3 is 2.80 bits per heavy atom. The molecular weight excluding hydrogens is 450 g/mol. The number of carbonyl (C=O) groups is 2. The van der Waals surface area contributed by atoms with Crippen molar-refractivity contribution < 1.29 is 24.5 Å². The van der Waals surface area contributed by atoms with Gasteiger partial charge in [0.1, 0.15) is 5.92 Å². The summed E-state index contributed by atoms with van der Waals surface area (Å²) >= 11 is 0. The van der Waals surface area contributed by atoms with Crippen molar-refractivity contribution in [3.8, 4) is 11.5 Å². The fraction of sp³-hybridized carbons (Fsp3) is 0.500. The second-order valence-electron chi connectivity index (χ2n) is 10.8. The molecule has 1 aromatic heterocycles. The number of ether oxygens (including phenoxy) is 1. The first-order valence-corrected chi connectivity index (χ1v) is 12.3. The molecule has 1 amide bonds. The monoisotopic (exact) mass is 477 g/mol. The summed E-state index contributed by atoms with van der Waals surface area (Å²) in [5, 5.41) is 25.9. The van der Waals surface area contributed by atoms with E-state index in [1.165, 1.54) is 31.2 Å². The van der Waals surface area contributed by atoms with Gasteiger partial charge in [-0.05, 0) is 62.3 Å². The molecule has 1 unspecified atom stereocenters. The topological polar surface area (TPSA) is 132 Å². The Kier molecular flexibility index (Phi) is 4.20. The van der Waals surface area contributed by atoms with Crippen LogP contribution in [-0.2, 0) is 21.4 Å². The molecule has 7 rings (SSSR count). The van der Waals surface area contributed by atoms with Crippen molar-refractivity contribution in [2.75, 3.05) is 18.4 Å². The summed E-state index contributed by atoms with van der Waals surface area (Å²) < 4.78 is 6.16. The fourth-order valence-corrected chi connectivity index (χ4v) is 7.24. The highest BCUT2D eigenvalue weighted by Crippen LogP contribution is 2.65. The number of anilines is 1. The molecule has 1 spiro atoms. The molecule has 1 aromatic carbocycles. The number of aromatic amines is 1. The van der Waals surface area contributed by atoms with Gasteiger partial charge in [-0.15, -0.1) is 0 Å². The number of ketones is 1. The molecule has 182 valence electrons. The van der Waals surface area contributed by atoms with Crippen LogP contribution >= 0.6 is 0 Å². The Hall–Kier alpha value is -3.17. The molecule has 1 saturated heterocycles. The predicted octanol–water partition coefficient (Wildman–Crippen LogP) is 1.08. The number of likely N-dealkylation sites (tertiary alicyclic amines) is 1. The first-order valence-electron chi connectivity index (χ1n) is 12.3. The highest BCUT2D eigenvalue weighted by atomic mass is 16.5. The van der Waals surface area contributed by atoms with Crippen LogP contribution in [0.5, 0.6) is 11.5 Å². The zero-order chi connectivity index (χ0) is 24.1. The summed E-state index contributed by atoms with van der Waals surface area (Å²) in [7, 11) is 0. The van der Waals surface area contributed by atoms with E-state index in [1.807, 2.05) is 6.07 Å². The van der Waals surface area contributed by atoms with Gasteiger partial charge in [0.2, 0.25) is 11.5 Å². The molecule has 9 heteroatoms. The number of hydrogen-bond donors (Lipinski definition) is 4. The molecule has 0 radical (unpaired) electrons. The van der Waals surface area contributed by atoms with E-state index in [-0.39, 0.29) is 35.3 Å². The van der Waals surface area contributed by atoms with Crippen LogP contribution in [0, 0.1) is 11.8 Å². The molecule has 2 bridgehead atoms.